The second kappa shape index (κ2) is 8.55. The second-order valence-electron chi connectivity index (χ2n) is 8.01. The van der Waals surface area contributed by atoms with Crippen molar-refractivity contribution < 1.29 is 14.4 Å². The Bertz CT molecular complexity index is 948. The molecule has 4 rings (SSSR count). The smallest absolute Gasteiger partial charge is 0.325 e. The summed E-state index contributed by atoms with van der Waals surface area (Å²) in [6.45, 7) is 2.21. The van der Waals surface area contributed by atoms with Gasteiger partial charge in [0.2, 0.25) is 5.91 Å². The summed E-state index contributed by atoms with van der Waals surface area (Å²) in [7, 11) is 0. The molecule has 4 amide bonds. The van der Waals surface area contributed by atoms with Crippen LogP contribution in [-0.2, 0) is 16.0 Å². The Morgan fingerprint density at radius 3 is 2.60 bits per heavy atom. The Morgan fingerprint density at radius 1 is 1.20 bits per heavy atom. The monoisotopic (exact) mass is 426 g/mol. The van der Waals surface area contributed by atoms with Gasteiger partial charge in [-0.3, -0.25) is 14.5 Å². The van der Waals surface area contributed by atoms with Gasteiger partial charge < -0.3 is 10.6 Å². The topological polar surface area (TPSA) is 91.4 Å². The third-order valence-corrected chi connectivity index (χ3v) is 6.63. The molecule has 1 aliphatic carbocycles. The van der Waals surface area contributed by atoms with E-state index in [1.54, 1.807) is 11.3 Å². The van der Waals surface area contributed by atoms with Crippen molar-refractivity contribution in [3.05, 3.63) is 40.2 Å². The van der Waals surface area contributed by atoms with Crippen LogP contribution in [0.2, 0.25) is 0 Å². The van der Waals surface area contributed by atoms with Crippen LogP contribution < -0.4 is 10.6 Å². The summed E-state index contributed by atoms with van der Waals surface area (Å²) in [5.41, 5.74) is 2.36. The van der Waals surface area contributed by atoms with E-state index in [2.05, 4.69) is 15.6 Å². The molecule has 30 heavy (non-hydrogen) atoms. The Balaban J connectivity index is 1.26. The van der Waals surface area contributed by atoms with Crippen LogP contribution in [0.4, 0.5) is 4.79 Å². The first kappa shape index (κ1) is 20.5. The maximum absolute atomic E-state index is 12.7. The van der Waals surface area contributed by atoms with E-state index in [1.165, 1.54) is 0 Å². The number of aryl methyl sites for hydroxylation is 1. The highest BCUT2D eigenvalue weighted by molar-refractivity contribution is 7.09. The number of nitrogens with one attached hydrogen (secondary N) is 2. The number of thiazole rings is 1. The zero-order valence-electron chi connectivity index (χ0n) is 17.1. The van der Waals surface area contributed by atoms with Crippen LogP contribution in [0.3, 0.4) is 0 Å². The van der Waals surface area contributed by atoms with Gasteiger partial charge in [0.15, 0.2) is 0 Å². The fraction of sp³-hybridized carbons (Fsp3) is 0.455. The van der Waals surface area contributed by atoms with Gasteiger partial charge in [-0.25, -0.2) is 9.78 Å². The van der Waals surface area contributed by atoms with E-state index >= 15 is 0 Å². The molecule has 2 aromatic rings. The van der Waals surface area contributed by atoms with Crippen LogP contribution in [-0.4, -0.2) is 46.4 Å². The molecule has 8 heteroatoms. The third-order valence-electron chi connectivity index (χ3n) is 5.86. The maximum atomic E-state index is 12.7. The van der Waals surface area contributed by atoms with Gasteiger partial charge in [0, 0.05) is 17.5 Å². The van der Waals surface area contributed by atoms with E-state index < -0.39 is 11.6 Å². The zero-order chi connectivity index (χ0) is 21.1. The number of carbonyl (C=O) groups is 3. The van der Waals surface area contributed by atoms with Crippen molar-refractivity contribution in [3.63, 3.8) is 0 Å². The molecule has 158 valence electrons. The van der Waals surface area contributed by atoms with Gasteiger partial charge in [-0.15, -0.1) is 11.3 Å². The lowest BCUT2D eigenvalue weighted by molar-refractivity contribution is -0.135. The largest absolute Gasteiger partial charge is 0.354 e. The van der Waals surface area contributed by atoms with E-state index in [-0.39, 0.29) is 18.4 Å². The zero-order valence-corrected chi connectivity index (χ0v) is 17.9. The maximum Gasteiger partial charge on any atom is 0.325 e. The number of urea groups is 1. The molecule has 2 fully saturated rings. The van der Waals surface area contributed by atoms with Gasteiger partial charge in [-0.1, -0.05) is 43.5 Å². The van der Waals surface area contributed by atoms with Gasteiger partial charge >= 0.3 is 6.03 Å². The van der Waals surface area contributed by atoms with Crippen LogP contribution in [0.15, 0.2) is 29.6 Å². The van der Waals surface area contributed by atoms with Gasteiger partial charge in [0.1, 0.15) is 12.1 Å². The van der Waals surface area contributed by atoms with E-state index in [0.717, 1.165) is 46.0 Å². The average Bonchev–Trinajstić information content (AvgIpc) is 3.26. The van der Waals surface area contributed by atoms with Gasteiger partial charge in [-0.05, 0) is 31.7 Å². The number of rotatable bonds is 6. The molecule has 0 atom stereocenters. The molecule has 2 N–H and O–H groups in total. The number of imide groups is 1. The lowest BCUT2D eigenvalue weighted by Crippen LogP contribution is -2.49. The number of aromatic nitrogens is 1. The Labute approximate surface area is 179 Å². The summed E-state index contributed by atoms with van der Waals surface area (Å²) in [6, 6.07) is 7.66. The highest BCUT2D eigenvalue weighted by Crippen LogP contribution is 2.33. The van der Waals surface area contributed by atoms with Crippen molar-refractivity contribution in [3.8, 4) is 11.3 Å². The molecule has 0 bridgehead atoms. The first-order valence-electron chi connectivity index (χ1n) is 10.4. The van der Waals surface area contributed by atoms with Crippen molar-refractivity contribution >= 4 is 29.2 Å². The first-order valence-corrected chi connectivity index (χ1v) is 11.3. The molecule has 1 spiro atoms. The molecule has 1 saturated heterocycles. The predicted octanol–water partition coefficient (Wildman–Crippen LogP) is 3.03. The van der Waals surface area contributed by atoms with E-state index in [0.29, 0.717) is 25.8 Å². The highest BCUT2D eigenvalue weighted by Gasteiger charge is 2.51. The minimum atomic E-state index is -0.785. The summed E-state index contributed by atoms with van der Waals surface area (Å²) in [4.78, 5) is 42.8. The molecule has 7 nitrogen and oxygen atoms in total. The van der Waals surface area contributed by atoms with Crippen LogP contribution in [0.1, 0.15) is 42.7 Å². The standard InChI is InChI=1S/C22H26N4O3S/c1-15-24-18(14-30-15)17-7-5-16(6-8-17)9-12-23-19(27)13-26-20(28)22(25-21(26)29)10-3-2-4-11-22/h5-8,14H,2-4,9-13H2,1H3,(H,23,27)(H,25,29). The molecular weight excluding hydrogens is 400 g/mol. The molecule has 1 aromatic heterocycles. The average molecular weight is 427 g/mol. The van der Waals surface area contributed by atoms with Gasteiger partial charge in [0.05, 0.1) is 10.7 Å². The van der Waals surface area contributed by atoms with Crippen molar-refractivity contribution in [2.45, 2.75) is 51.0 Å². The number of hydrogen-bond donors (Lipinski definition) is 2. The molecule has 1 aromatic carbocycles. The van der Waals surface area contributed by atoms with Crippen molar-refractivity contribution in [2.75, 3.05) is 13.1 Å². The number of nitrogens with zero attached hydrogens (tertiary/aromatic N) is 2. The summed E-state index contributed by atoms with van der Waals surface area (Å²) >= 11 is 1.63. The summed E-state index contributed by atoms with van der Waals surface area (Å²) in [5, 5.41) is 8.72. The van der Waals surface area contributed by atoms with Crippen LogP contribution in [0.5, 0.6) is 0 Å². The lowest BCUT2D eigenvalue weighted by atomic mass is 9.82. The first-order chi connectivity index (χ1) is 14.5. The molecule has 1 aliphatic heterocycles. The number of hydrogen-bond acceptors (Lipinski definition) is 5. The van der Waals surface area contributed by atoms with E-state index in [1.807, 2.05) is 36.6 Å². The van der Waals surface area contributed by atoms with Crippen molar-refractivity contribution in [1.82, 2.24) is 20.5 Å². The normalized spacial score (nSPS) is 18.0. The van der Waals surface area contributed by atoms with Gasteiger partial charge in [-0.2, -0.15) is 0 Å². The summed E-state index contributed by atoms with van der Waals surface area (Å²) < 4.78 is 0. The molecular formula is C22H26N4O3S. The van der Waals surface area contributed by atoms with Crippen molar-refractivity contribution in [2.24, 2.45) is 0 Å². The Hall–Kier alpha value is -2.74. The van der Waals surface area contributed by atoms with Crippen LogP contribution in [0, 0.1) is 6.92 Å². The fourth-order valence-electron chi connectivity index (χ4n) is 4.20. The minimum Gasteiger partial charge on any atom is -0.354 e. The van der Waals surface area contributed by atoms with E-state index in [9.17, 15) is 14.4 Å². The third kappa shape index (κ3) is 4.23. The van der Waals surface area contributed by atoms with Crippen molar-refractivity contribution in [1.29, 1.82) is 0 Å². The minimum absolute atomic E-state index is 0.228. The summed E-state index contributed by atoms with van der Waals surface area (Å²) in [5.74, 6) is -0.573. The SMILES string of the molecule is Cc1nc(-c2ccc(CCNC(=O)CN3C(=O)NC4(CCCCC4)C3=O)cc2)cs1. The molecule has 1 saturated carbocycles. The predicted molar refractivity (Wildman–Crippen MR) is 115 cm³/mol. The number of carbonyl (C=O) groups excluding carboxylic acids is 3. The molecule has 0 radical (unpaired) electrons. The summed E-state index contributed by atoms with van der Waals surface area (Å²) in [6.07, 6.45) is 4.92. The highest BCUT2D eigenvalue weighted by atomic mass is 32.1. The Morgan fingerprint density at radius 2 is 1.93 bits per heavy atom. The molecule has 2 heterocycles. The van der Waals surface area contributed by atoms with Gasteiger partial charge in [0.25, 0.3) is 5.91 Å². The van der Waals surface area contributed by atoms with Crippen LogP contribution >= 0.6 is 11.3 Å². The number of benzene rings is 1. The number of amides is 4. The molecule has 2 aliphatic rings. The molecule has 0 unspecified atom stereocenters. The quantitative estimate of drug-likeness (QED) is 0.695. The fourth-order valence-corrected chi connectivity index (χ4v) is 4.82. The lowest BCUT2D eigenvalue weighted by Gasteiger charge is -2.30. The van der Waals surface area contributed by atoms with Crippen LogP contribution in [0.25, 0.3) is 11.3 Å². The van der Waals surface area contributed by atoms with E-state index in [4.69, 9.17) is 0 Å². The Kier molecular flexibility index (Phi) is 5.85. The second-order valence-corrected chi connectivity index (χ2v) is 9.08.